The predicted octanol–water partition coefficient (Wildman–Crippen LogP) is 2.27. The average Bonchev–Trinajstić information content (AvgIpc) is 2.16. The number of rotatable bonds is 3. The topological polar surface area (TPSA) is 55.4 Å². The molecule has 0 saturated heterocycles. The van der Waals surface area contributed by atoms with Crippen molar-refractivity contribution in [1.82, 2.24) is 5.32 Å². The van der Waals surface area contributed by atoms with Gasteiger partial charge in [-0.15, -0.1) is 5.92 Å². The van der Waals surface area contributed by atoms with Crippen LogP contribution in [0.5, 0.6) is 0 Å². The van der Waals surface area contributed by atoms with Crippen molar-refractivity contribution in [2.24, 2.45) is 5.92 Å². The molecule has 1 aliphatic carbocycles. The first-order valence-corrected chi connectivity index (χ1v) is 6.23. The number of ketones is 1. The van der Waals surface area contributed by atoms with Gasteiger partial charge in [0.05, 0.1) is 6.42 Å². The smallest absolute Gasteiger partial charge is 0.407 e. The summed E-state index contributed by atoms with van der Waals surface area (Å²) in [4.78, 5) is 23.1. The molecule has 1 amide bonds. The van der Waals surface area contributed by atoms with Gasteiger partial charge < -0.3 is 10.1 Å². The summed E-state index contributed by atoms with van der Waals surface area (Å²) in [6, 6.07) is 0.0587. The number of carbonyl (C=O) groups excluding carboxylic acids is 2. The van der Waals surface area contributed by atoms with Crippen molar-refractivity contribution in [2.45, 2.75) is 58.6 Å². The van der Waals surface area contributed by atoms with Gasteiger partial charge in [-0.2, -0.15) is 0 Å². The highest BCUT2D eigenvalue weighted by Crippen LogP contribution is 2.29. The van der Waals surface area contributed by atoms with E-state index in [1.165, 1.54) is 0 Å². The van der Waals surface area contributed by atoms with Gasteiger partial charge in [-0.3, -0.25) is 4.79 Å². The van der Waals surface area contributed by atoms with Gasteiger partial charge in [-0.05, 0) is 40.5 Å². The van der Waals surface area contributed by atoms with Crippen molar-refractivity contribution >= 4 is 11.9 Å². The Kier molecular flexibility index (Phi) is 4.77. The molecular formula is C14H21NO3. The van der Waals surface area contributed by atoms with Crippen molar-refractivity contribution in [2.75, 3.05) is 0 Å². The lowest BCUT2D eigenvalue weighted by molar-refractivity contribution is -0.125. The Morgan fingerprint density at radius 1 is 1.33 bits per heavy atom. The summed E-state index contributed by atoms with van der Waals surface area (Å²) in [6.07, 6.45) is 1.31. The van der Waals surface area contributed by atoms with Gasteiger partial charge in [-0.1, -0.05) is 5.92 Å². The molecule has 4 nitrogen and oxygen atoms in total. The summed E-state index contributed by atoms with van der Waals surface area (Å²) in [5.41, 5.74) is -0.486. The van der Waals surface area contributed by atoms with Gasteiger partial charge in [0, 0.05) is 12.0 Å². The number of Topliss-reactive ketones (excluding diaryl/α,β-unsaturated/α-hetero) is 1. The summed E-state index contributed by atoms with van der Waals surface area (Å²) >= 11 is 0. The fourth-order valence-electron chi connectivity index (χ4n) is 1.79. The van der Waals surface area contributed by atoms with Crippen LogP contribution >= 0.6 is 0 Å². The van der Waals surface area contributed by atoms with E-state index in [-0.39, 0.29) is 17.7 Å². The Morgan fingerprint density at radius 2 is 1.94 bits per heavy atom. The van der Waals surface area contributed by atoms with Gasteiger partial charge >= 0.3 is 6.09 Å². The lowest BCUT2D eigenvalue weighted by Crippen LogP contribution is -2.48. The molecule has 1 aliphatic rings. The standard InChI is InChI=1S/C14H21NO3/c1-5-6-7-12(16)10-8-11(9-10)15-13(17)18-14(2,3)4/h10-11H,7-9H2,1-4H3,(H,15,17). The first kappa shape index (κ1) is 14.6. The molecule has 0 spiro atoms. The van der Waals surface area contributed by atoms with E-state index in [0.717, 1.165) is 0 Å². The fourth-order valence-corrected chi connectivity index (χ4v) is 1.79. The minimum Gasteiger partial charge on any atom is -0.444 e. The molecule has 1 N–H and O–H groups in total. The minimum atomic E-state index is -0.486. The van der Waals surface area contributed by atoms with Gasteiger partial charge in [-0.25, -0.2) is 4.79 Å². The second-order valence-corrected chi connectivity index (χ2v) is 5.58. The first-order chi connectivity index (χ1) is 8.31. The zero-order valence-corrected chi connectivity index (χ0v) is 11.5. The molecule has 0 heterocycles. The molecule has 1 fully saturated rings. The summed E-state index contributed by atoms with van der Waals surface area (Å²) in [5, 5.41) is 2.76. The molecule has 0 aromatic carbocycles. The van der Waals surface area contributed by atoms with E-state index in [1.54, 1.807) is 6.92 Å². The Morgan fingerprint density at radius 3 is 2.44 bits per heavy atom. The van der Waals surface area contributed by atoms with Crippen LogP contribution in [0.25, 0.3) is 0 Å². The number of ether oxygens (including phenoxy) is 1. The highest BCUT2D eigenvalue weighted by atomic mass is 16.6. The SMILES string of the molecule is CC#CCC(=O)C1CC(NC(=O)OC(C)(C)C)C1. The maximum Gasteiger partial charge on any atom is 0.407 e. The average molecular weight is 251 g/mol. The van der Waals surface area contributed by atoms with Crippen molar-refractivity contribution in [3.63, 3.8) is 0 Å². The molecule has 0 radical (unpaired) electrons. The van der Waals surface area contributed by atoms with E-state index in [9.17, 15) is 9.59 Å². The lowest BCUT2D eigenvalue weighted by atomic mass is 9.77. The molecule has 100 valence electrons. The van der Waals surface area contributed by atoms with E-state index in [2.05, 4.69) is 17.2 Å². The predicted molar refractivity (Wildman–Crippen MR) is 69.0 cm³/mol. The third-order valence-corrected chi connectivity index (χ3v) is 2.75. The third kappa shape index (κ3) is 4.79. The van der Waals surface area contributed by atoms with Crippen LogP contribution in [0.3, 0.4) is 0 Å². The molecule has 0 aromatic heterocycles. The van der Waals surface area contributed by atoms with Crippen molar-refractivity contribution in [3.05, 3.63) is 0 Å². The van der Waals surface area contributed by atoms with Crippen LogP contribution in [-0.4, -0.2) is 23.5 Å². The van der Waals surface area contributed by atoms with Gasteiger partial charge in [0.15, 0.2) is 0 Å². The second kappa shape index (κ2) is 5.90. The van der Waals surface area contributed by atoms with Gasteiger partial charge in [0.2, 0.25) is 0 Å². The van der Waals surface area contributed by atoms with Crippen LogP contribution in [0, 0.1) is 17.8 Å². The number of alkyl carbamates (subject to hydrolysis) is 1. The van der Waals surface area contributed by atoms with Crippen LogP contribution in [-0.2, 0) is 9.53 Å². The van der Waals surface area contributed by atoms with E-state index in [0.29, 0.717) is 19.3 Å². The quantitative estimate of drug-likeness (QED) is 0.783. The Bertz CT molecular complexity index is 378. The van der Waals surface area contributed by atoms with Crippen LogP contribution < -0.4 is 5.32 Å². The van der Waals surface area contributed by atoms with Crippen molar-refractivity contribution < 1.29 is 14.3 Å². The molecule has 18 heavy (non-hydrogen) atoms. The normalized spacial score (nSPS) is 22.2. The lowest BCUT2D eigenvalue weighted by Gasteiger charge is -2.34. The van der Waals surface area contributed by atoms with E-state index in [4.69, 9.17) is 4.74 Å². The molecule has 0 aromatic rings. The summed E-state index contributed by atoms with van der Waals surface area (Å²) in [5.74, 6) is 5.70. The molecule has 0 aliphatic heterocycles. The largest absolute Gasteiger partial charge is 0.444 e. The molecule has 0 bridgehead atoms. The van der Waals surface area contributed by atoms with Crippen LogP contribution in [0.2, 0.25) is 0 Å². The number of hydrogen-bond donors (Lipinski definition) is 1. The third-order valence-electron chi connectivity index (χ3n) is 2.75. The van der Waals surface area contributed by atoms with Crippen molar-refractivity contribution in [1.29, 1.82) is 0 Å². The highest BCUT2D eigenvalue weighted by Gasteiger charge is 2.35. The maximum absolute atomic E-state index is 11.6. The number of nitrogens with one attached hydrogen (secondary N) is 1. The number of amides is 1. The van der Waals surface area contributed by atoms with Gasteiger partial charge in [0.25, 0.3) is 0 Å². The van der Waals surface area contributed by atoms with Crippen LogP contribution in [0.1, 0.15) is 47.0 Å². The second-order valence-electron chi connectivity index (χ2n) is 5.58. The Labute approximate surface area is 108 Å². The van der Waals surface area contributed by atoms with Gasteiger partial charge in [0.1, 0.15) is 11.4 Å². The summed E-state index contributed by atoms with van der Waals surface area (Å²) < 4.78 is 5.15. The fraction of sp³-hybridized carbons (Fsp3) is 0.714. The zero-order valence-electron chi connectivity index (χ0n) is 11.5. The minimum absolute atomic E-state index is 0.0470. The molecule has 0 atom stereocenters. The molecule has 0 unspecified atom stereocenters. The molecular weight excluding hydrogens is 230 g/mol. The number of carbonyl (C=O) groups is 2. The monoisotopic (exact) mass is 251 g/mol. The molecule has 4 heteroatoms. The maximum atomic E-state index is 11.6. The Hall–Kier alpha value is -1.50. The van der Waals surface area contributed by atoms with E-state index >= 15 is 0 Å². The van der Waals surface area contributed by atoms with Crippen LogP contribution in [0.15, 0.2) is 0 Å². The van der Waals surface area contributed by atoms with E-state index in [1.807, 2.05) is 20.8 Å². The zero-order chi connectivity index (χ0) is 13.8. The van der Waals surface area contributed by atoms with E-state index < -0.39 is 11.7 Å². The summed E-state index contributed by atoms with van der Waals surface area (Å²) in [6.45, 7) is 7.19. The number of hydrogen-bond acceptors (Lipinski definition) is 3. The Balaban J connectivity index is 2.24. The summed E-state index contributed by atoms with van der Waals surface area (Å²) in [7, 11) is 0. The molecule has 1 saturated carbocycles. The molecule has 1 rings (SSSR count). The first-order valence-electron chi connectivity index (χ1n) is 6.23. The van der Waals surface area contributed by atoms with Crippen molar-refractivity contribution in [3.8, 4) is 11.8 Å². The van der Waals surface area contributed by atoms with Crippen LogP contribution in [0.4, 0.5) is 4.79 Å². The highest BCUT2D eigenvalue weighted by molar-refractivity contribution is 5.84.